The lowest BCUT2D eigenvalue weighted by molar-refractivity contribution is -0.149. The lowest BCUT2D eigenvalue weighted by atomic mass is 9.79. The van der Waals surface area contributed by atoms with E-state index in [0.717, 1.165) is 19.4 Å². The van der Waals surface area contributed by atoms with Crippen LogP contribution >= 0.6 is 0 Å². The average Bonchev–Trinajstić information content (AvgIpc) is 2.31. The molecule has 2 heteroatoms. The fraction of sp³-hybridized carbons (Fsp3) is 0.500. The van der Waals surface area contributed by atoms with Gasteiger partial charge in [-0.1, -0.05) is 43.7 Å². The van der Waals surface area contributed by atoms with E-state index >= 15 is 0 Å². The standard InChI is InChI=1S/C14H19NO/c1-3-8-12-13(14(16)15(12)4-2)11-9-6-5-7-10-11/h5-7,9-10,12-13H,3-4,8H2,1-2H3/t12-,13+/m1/s1. The minimum absolute atomic E-state index is 0.112. The summed E-state index contributed by atoms with van der Waals surface area (Å²) in [5, 5.41) is 0. The van der Waals surface area contributed by atoms with Crippen LogP contribution in [-0.2, 0) is 4.79 Å². The third-order valence-corrected chi connectivity index (χ3v) is 3.42. The number of likely N-dealkylation sites (tertiary alicyclic amines) is 1. The largest absolute Gasteiger partial charge is 0.338 e. The van der Waals surface area contributed by atoms with Crippen molar-refractivity contribution in [3.8, 4) is 0 Å². The summed E-state index contributed by atoms with van der Waals surface area (Å²) in [6.07, 6.45) is 2.25. The van der Waals surface area contributed by atoms with Crippen LogP contribution in [0.15, 0.2) is 30.3 Å². The zero-order chi connectivity index (χ0) is 11.5. The van der Waals surface area contributed by atoms with Gasteiger partial charge in [0.05, 0.1) is 5.92 Å². The van der Waals surface area contributed by atoms with E-state index in [2.05, 4.69) is 26.0 Å². The molecule has 0 saturated carbocycles. The Kier molecular flexibility index (Phi) is 3.28. The Hall–Kier alpha value is -1.31. The molecule has 2 atom stereocenters. The van der Waals surface area contributed by atoms with Gasteiger partial charge in [0.15, 0.2) is 0 Å². The predicted molar refractivity (Wildman–Crippen MR) is 65.3 cm³/mol. The third kappa shape index (κ3) is 1.73. The molecule has 1 amide bonds. The van der Waals surface area contributed by atoms with Crippen LogP contribution in [0.4, 0.5) is 0 Å². The monoisotopic (exact) mass is 217 g/mol. The normalized spacial score (nSPS) is 24.4. The molecule has 86 valence electrons. The van der Waals surface area contributed by atoms with Crippen molar-refractivity contribution in [2.75, 3.05) is 6.54 Å². The van der Waals surface area contributed by atoms with Gasteiger partial charge < -0.3 is 4.90 Å². The quantitative estimate of drug-likeness (QED) is 0.710. The number of hydrogen-bond donors (Lipinski definition) is 0. The van der Waals surface area contributed by atoms with Crippen LogP contribution in [-0.4, -0.2) is 23.4 Å². The summed E-state index contributed by atoms with van der Waals surface area (Å²) in [4.78, 5) is 14.0. The van der Waals surface area contributed by atoms with Gasteiger partial charge in [-0.05, 0) is 18.9 Å². The maximum absolute atomic E-state index is 12.0. The van der Waals surface area contributed by atoms with Gasteiger partial charge >= 0.3 is 0 Å². The second-order valence-corrected chi connectivity index (χ2v) is 4.37. The molecule has 16 heavy (non-hydrogen) atoms. The first kappa shape index (κ1) is 11.2. The Morgan fingerprint density at radius 1 is 1.19 bits per heavy atom. The minimum atomic E-state index is 0.112. The molecule has 1 aliphatic heterocycles. The van der Waals surface area contributed by atoms with Crippen LogP contribution < -0.4 is 0 Å². The third-order valence-electron chi connectivity index (χ3n) is 3.42. The number of rotatable bonds is 4. The van der Waals surface area contributed by atoms with Gasteiger partial charge in [0.1, 0.15) is 0 Å². The van der Waals surface area contributed by atoms with Gasteiger partial charge in [0, 0.05) is 12.6 Å². The van der Waals surface area contributed by atoms with E-state index in [0.29, 0.717) is 11.9 Å². The number of β-lactam (4-membered cyclic amide) rings is 1. The fourth-order valence-corrected chi connectivity index (χ4v) is 2.64. The second kappa shape index (κ2) is 4.69. The molecule has 2 nitrogen and oxygen atoms in total. The summed E-state index contributed by atoms with van der Waals surface area (Å²) in [7, 11) is 0. The van der Waals surface area contributed by atoms with Crippen molar-refractivity contribution >= 4 is 5.91 Å². The number of nitrogens with zero attached hydrogens (tertiary/aromatic N) is 1. The Morgan fingerprint density at radius 3 is 2.44 bits per heavy atom. The molecule has 2 rings (SSSR count). The molecule has 1 aromatic carbocycles. The Bertz CT molecular complexity index is 360. The molecule has 0 bridgehead atoms. The van der Waals surface area contributed by atoms with Crippen LogP contribution in [0, 0.1) is 0 Å². The van der Waals surface area contributed by atoms with Crippen LogP contribution in [0.5, 0.6) is 0 Å². The van der Waals surface area contributed by atoms with Gasteiger partial charge in [-0.25, -0.2) is 0 Å². The van der Waals surface area contributed by atoms with Gasteiger partial charge in [-0.15, -0.1) is 0 Å². The number of carbonyl (C=O) groups is 1. The molecule has 0 aromatic heterocycles. The first-order chi connectivity index (χ1) is 7.79. The summed E-state index contributed by atoms with van der Waals surface area (Å²) in [6, 6.07) is 10.6. The summed E-state index contributed by atoms with van der Waals surface area (Å²) < 4.78 is 0. The van der Waals surface area contributed by atoms with E-state index in [9.17, 15) is 4.79 Å². The second-order valence-electron chi connectivity index (χ2n) is 4.37. The summed E-state index contributed by atoms with van der Waals surface area (Å²) in [5.74, 6) is 0.410. The molecule has 0 spiro atoms. The van der Waals surface area contributed by atoms with Crippen molar-refractivity contribution in [3.63, 3.8) is 0 Å². The lowest BCUT2D eigenvalue weighted by Gasteiger charge is -2.47. The lowest BCUT2D eigenvalue weighted by Crippen LogP contribution is -2.58. The smallest absolute Gasteiger partial charge is 0.232 e. The number of benzene rings is 1. The molecule has 1 aliphatic rings. The Morgan fingerprint density at radius 2 is 1.88 bits per heavy atom. The van der Waals surface area contributed by atoms with Crippen LogP contribution in [0.1, 0.15) is 38.2 Å². The number of likely N-dealkylation sites (N-methyl/N-ethyl adjacent to an activating group) is 1. The van der Waals surface area contributed by atoms with E-state index in [1.807, 2.05) is 23.1 Å². The molecule has 1 heterocycles. The fourth-order valence-electron chi connectivity index (χ4n) is 2.64. The number of hydrogen-bond acceptors (Lipinski definition) is 1. The van der Waals surface area contributed by atoms with Crippen molar-refractivity contribution < 1.29 is 4.79 Å². The predicted octanol–water partition coefficient (Wildman–Crippen LogP) is 2.80. The Balaban J connectivity index is 2.18. The molecular weight excluding hydrogens is 198 g/mol. The van der Waals surface area contributed by atoms with E-state index in [-0.39, 0.29) is 5.92 Å². The van der Waals surface area contributed by atoms with Crippen molar-refractivity contribution in [1.29, 1.82) is 0 Å². The molecule has 1 aromatic rings. The molecule has 0 N–H and O–H groups in total. The van der Waals surface area contributed by atoms with Gasteiger partial charge in [0.25, 0.3) is 0 Å². The molecule has 1 fully saturated rings. The highest BCUT2D eigenvalue weighted by atomic mass is 16.2. The molecule has 0 radical (unpaired) electrons. The highest BCUT2D eigenvalue weighted by Gasteiger charge is 2.45. The Labute approximate surface area is 97.3 Å². The van der Waals surface area contributed by atoms with Crippen molar-refractivity contribution in [1.82, 2.24) is 4.90 Å². The molecule has 0 unspecified atom stereocenters. The maximum atomic E-state index is 12.0. The average molecular weight is 217 g/mol. The van der Waals surface area contributed by atoms with Crippen molar-refractivity contribution in [2.45, 2.75) is 38.6 Å². The zero-order valence-corrected chi connectivity index (χ0v) is 10.0. The van der Waals surface area contributed by atoms with Crippen molar-refractivity contribution in [3.05, 3.63) is 35.9 Å². The van der Waals surface area contributed by atoms with Gasteiger partial charge in [-0.2, -0.15) is 0 Å². The number of amides is 1. The van der Waals surface area contributed by atoms with E-state index in [1.54, 1.807) is 0 Å². The first-order valence-corrected chi connectivity index (χ1v) is 6.15. The van der Waals surface area contributed by atoms with Crippen molar-refractivity contribution in [2.24, 2.45) is 0 Å². The van der Waals surface area contributed by atoms with E-state index < -0.39 is 0 Å². The van der Waals surface area contributed by atoms with Gasteiger partial charge in [-0.3, -0.25) is 4.79 Å². The van der Waals surface area contributed by atoms with E-state index in [4.69, 9.17) is 0 Å². The molecular formula is C14H19NO. The van der Waals surface area contributed by atoms with Crippen LogP contribution in [0.2, 0.25) is 0 Å². The molecule has 1 saturated heterocycles. The van der Waals surface area contributed by atoms with Crippen LogP contribution in [0.25, 0.3) is 0 Å². The molecule has 0 aliphatic carbocycles. The van der Waals surface area contributed by atoms with Gasteiger partial charge in [0.2, 0.25) is 5.91 Å². The summed E-state index contributed by atoms with van der Waals surface area (Å²) >= 11 is 0. The summed E-state index contributed by atoms with van der Waals surface area (Å²) in [6.45, 7) is 5.08. The minimum Gasteiger partial charge on any atom is -0.338 e. The topological polar surface area (TPSA) is 20.3 Å². The first-order valence-electron chi connectivity index (χ1n) is 6.15. The maximum Gasteiger partial charge on any atom is 0.232 e. The zero-order valence-electron chi connectivity index (χ0n) is 10.0. The highest BCUT2D eigenvalue weighted by molar-refractivity contribution is 5.91. The highest BCUT2D eigenvalue weighted by Crippen LogP contribution is 2.37. The SMILES string of the molecule is CCC[C@@H]1[C@H](c2ccccc2)C(=O)N1CC. The summed E-state index contributed by atoms with van der Waals surface area (Å²) in [5.41, 5.74) is 1.18. The van der Waals surface area contributed by atoms with Crippen LogP contribution in [0.3, 0.4) is 0 Å². The number of carbonyl (C=O) groups excluding carboxylic acids is 1. The van der Waals surface area contributed by atoms with E-state index in [1.165, 1.54) is 5.56 Å².